The molecule has 0 atom stereocenters. The average molecular weight is 215 g/mol. The number of hydrogen-bond acceptors (Lipinski definition) is 2. The molecule has 1 aromatic carbocycles. The maximum absolute atomic E-state index is 12.9. The van der Waals surface area contributed by atoms with Crippen LogP contribution in [0, 0.1) is 5.82 Å². The van der Waals surface area contributed by atoms with E-state index in [1.807, 2.05) is 0 Å². The van der Waals surface area contributed by atoms with Crippen LogP contribution < -0.4 is 4.31 Å². The number of rotatable bonds is 1. The van der Waals surface area contributed by atoms with Crippen LogP contribution >= 0.6 is 0 Å². The predicted molar refractivity (Wildman–Crippen MR) is 52.3 cm³/mol. The van der Waals surface area contributed by atoms with Crippen molar-refractivity contribution in [2.24, 2.45) is 0 Å². The van der Waals surface area contributed by atoms with Gasteiger partial charge in [-0.25, -0.2) is 12.8 Å². The molecule has 76 valence electrons. The monoisotopic (exact) mass is 215 g/mol. The molecule has 1 aliphatic rings. The van der Waals surface area contributed by atoms with Crippen LogP contribution in [0.4, 0.5) is 10.1 Å². The molecule has 14 heavy (non-hydrogen) atoms. The average Bonchev–Trinajstić information content (AvgIpc) is 2.45. The van der Waals surface area contributed by atoms with E-state index in [1.165, 1.54) is 16.4 Å². The van der Waals surface area contributed by atoms with E-state index in [0.29, 0.717) is 18.7 Å². The largest absolute Gasteiger partial charge is 0.270 e. The summed E-state index contributed by atoms with van der Waals surface area (Å²) in [5.74, 6) is -0.403. The highest BCUT2D eigenvalue weighted by Gasteiger charge is 2.26. The Morgan fingerprint density at radius 2 is 2.14 bits per heavy atom. The van der Waals surface area contributed by atoms with Crippen molar-refractivity contribution in [1.29, 1.82) is 0 Å². The van der Waals surface area contributed by atoms with Gasteiger partial charge in [-0.3, -0.25) is 4.31 Å². The van der Waals surface area contributed by atoms with Crippen LogP contribution in [0.15, 0.2) is 18.2 Å². The van der Waals surface area contributed by atoms with Crippen LogP contribution in [0.3, 0.4) is 0 Å². The Morgan fingerprint density at radius 1 is 1.43 bits per heavy atom. The third kappa shape index (κ3) is 1.48. The maximum Gasteiger partial charge on any atom is 0.232 e. The second-order valence-electron chi connectivity index (χ2n) is 3.36. The van der Waals surface area contributed by atoms with Gasteiger partial charge in [-0.15, -0.1) is 0 Å². The Morgan fingerprint density at radius 3 is 2.79 bits per heavy atom. The quantitative estimate of drug-likeness (QED) is 0.704. The Bertz CT molecular complexity index is 470. The number of fused-ring (bicyclic) bond motifs is 1. The second-order valence-corrected chi connectivity index (χ2v) is 5.26. The van der Waals surface area contributed by atoms with Crippen LogP contribution in [0.5, 0.6) is 0 Å². The fourth-order valence-electron chi connectivity index (χ4n) is 1.67. The zero-order valence-corrected chi connectivity index (χ0v) is 8.51. The van der Waals surface area contributed by atoms with Crippen molar-refractivity contribution in [3.8, 4) is 0 Å². The Balaban J connectivity index is 2.54. The molecule has 1 aliphatic heterocycles. The standard InChI is InChI=1S/C9H10FNO2S/c1-14(12,13)11-5-4-7-2-3-8(10)6-9(7)11/h2-3,6H,4-5H2,1H3. The van der Waals surface area contributed by atoms with Crippen LogP contribution in [-0.2, 0) is 16.4 Å². The molecule has 0 aromatic heterocycles. The first-order valence-corrected chi connectivity index (χ1v) is 6.09. The molecular formula is C9H10FNO2S. The van der Waals surface area contributed by atoms with Crippen molar-refractivity contribution in [2.45, 2.75) is 6.42 Å². The van der Waals surface area contributed by atoms with E-state index in [1.54, 1.807) is 6.07 Å². The molecule has 0 spiro atoms. The number of benzene rings is 1. The summed E-state index contributed by atoms with van der Waals surface area (Å²) in [5.41, 5.74) is 1.37. The summed E-state index contributed by atoms with van der Waals surface area (Å²) in [6, 6.07) is 4.25. The van der Waals surface area contributed by atoms with Gasteiger partial charge in [0.25, 0.3) is 0 Å². The van der Waals surface area contributed by atoms with Gasteiger partial charge in [0, 0.05) is 6.54 Å². The van der Waals surface area contributed by atoms with Crippen molar-refractivity contribution < 1.29 is 12.8 Å². The van der Waals surface area contributed by atoms with E-state index in [2.05, 4.69) is 0 Å². The Labute approximate surface area is 82.2 Å². The van der Waals surface area contributed by atoms with Crippen LogP contribution in [0.2, 0.25) is 0 Å². The SMILES string of the molecule is CS(=O)(=O)N1CCc2ccc(F)cc21. The molecule has 0 fully saturated rings. The summed E-state index contributed by atoms with van der Waals surface area (Å²) >= 11 is 0. The molecule has 0 saturated heterocycles. The smallest absolute Gasteiger partial charge is 0.232 e. The molecule has 0 N–H and O–H groups in total. The number of hydrogen-bond donors (Lipinski definition) is 0. The van der Waals surface area contributed by atoms with Gasteiger partial charge in [0.05, 0.1) is 11.9 Å². The van der Waals surface area contributed by atoms with Crippen molar-refractivity contribution >= 4 is 15.7 Å². The highest BCUT2D eigenvalue weighted by Crippen LogP contribution is 2.30. The third-order valence-electron chi connectivity index (χ3n) is 2.30. The molecule has 2 rings (SSSR count). The lowest BCUT2D eigenvalue weighted by Crippen LogP contribution is -2.27. The van der Waals surface area contributed by atoms with Gasteiger partial charge in [-0.05, 0) is 24.1 Å². The van der Waals surface area contributed by atoms with E-state index >= 15 is 0 Å². The van der Waals surface area contributed by atoms with Gasteiger partial charge in [-0.2, -0.15) is 0 Å². The fourth-order valence-corrected chi connectivity index (χ4v) is 2.62. The van der Waals surface area contributed by atoms with Crippen molar-refractivity contribution in [3.63, 3.8) is 0 Å². The molecule has 0 amide bonds. The van der Waals surface area contributed by atoms with Crippen LogP contribution in [0.25, 0.3) is 0 Å². The minimum atomic E-state index is -3.27. The van der Waals surface area contributed by atoms with Gasteiger partial charge >= 0.3 is 0 Å². The van der Waals surface area contributed by atoms with Gasteiger partial charge in [0.2, 0.25) is 10.0 Å². The molecule has 1 aromatic rings. The van der Waals surface area contributed by atoms with E-state index < -0.39 is 15.8 Å². The highest BCUT2D eigenvalue weighted by molar-refractivity contribution is 7.92. The fraction of sp³-hybridized carbons (Fsp3) is 0.333. The summed E-state index contributed by atoms with van der Waals surface area (Å²) in [7, 11) is -3.27. The van der Waals surface area contributed by atoms with Gasteiger partial charge in [0.15, 0.2) is 0 Å². The Hall–Kier alpha value is -1.10. The maximum atomic E-state index is 12.9. The zero-order valence-electron chi connectivity index (χ0n) is 7.70. The first kappa shape index (κ1) is 9.45. The second kappa shape index (κ2) is 2.95. The third-order valence-corrected chi connectivity index (χ3v) is 3.48. The predicted octanol–water partition coefficient (Wildman–Crippen LogP) is 1.15. The van der Waals surface area contributed by atoms with Crippen LogP contribution in [-0.4, -0.2) is 21.2 Å². The van der Waals surface area contributed by atoms with Crippen LogP contribution in [0.1, 0.15) is 5.56 Å². The van der Waals surface area contributed by atoms with Crippen molar-refractivity contribution in [3.05, 3.63) is 29.6 Å². The van der Waals surface area contributed by atoms with Gasteiger partial charge in [-0.1, -0.05) is 6.07 Å². The minimum absolute atomic E-state index is 0.403. The lowest BCUT2D eigenvalue weighted by molar-refractivity contribution is 0.598. The first-order chi connectivity index (χ1) is 6.48. The number of anilines is 1. The molecule has 5 heteroatoms. The minimum Gasteiger partial charge on any atom is -0.270 e. The molecule has 0 unspecified atom stereocenters. The normalized spacial score (nSPS) is 15.7. The number of nitrogens with zero attached hydrogens (tertiary/aromatic N) is 1. The highest BCUT2D eigenvalue weighted by atomic mass is 32.2. The molecule has 3 nitrogen and oxygen atoms in total. The Kier molecular flexibility index (Phi) is 1.99. The lowest BCUT2D eigenvalue weighted by atomic mass is 10.2. The topological polar surface area (TPSA) is 37.4 Å². The summed E-state index contributed by atoms with van der Waals surface area (Å²) in [6.45, 7) is 0.414. The van der Waals surface area contributed by atoms with Crippen molar-refractivity contribution in [1.82, 2.24) is 0 Å². The van der Waals surface area contributed by atoms with E-state index in [0.717, 1.165) is 11.8 Å². The van der Waals surface area contributed by atoms with Crippen molar-refractivity contribution in [2.75, 3.05) is 17.1 Å². The lowest BCUT2D eigenvalue weighted by Gasteiger charge is -2.15. The number of halogens is 1. The molecule has 0 aliphatic carbocycles. The summed E-state index contributed by atoms with van der Waals surface area (Å²) < 4.78 is 36.8. The van der Waals surface area contributed by atoms with Gasteiger partial charge < -0.3 is 0 Å². The zero-order chi connectivity index (χ0) is 10.3. The van der Waals surface area contributed by atoms with Gasteiger partial charge in [0.1, 0.15) is 5.82 Å². The van der Waals surface area contributed by atoms with E-state index in [4.69, 9.17) is 0 Å². The summed E-state index contributed by atoms with van der Waals surface area (Å²) in [4.78, 5) is 0. The molecule has 0 radical (unpaired) electrons. The first-order valence-electron chi connectivity index (χ1n) is 4.24. The number of sulfonamides is 1. The van der Waals surface area contributed by atoms with E-state index in [-0.39, 0.29) is 0 Å². The molecular weight excluding hydrogens is 205 g/mol. The molecule has 0 saturated carbocycles. The van der Waals surface area contributed by atoms with E-state index in [9.17, 15) is 12.8 Å². The molecule has 1 heterocycles. The molecule has 0 bridgehead atoms. The summed E-state index contributed by atoms with van der Waals surface area (Å²) in [6.07, 6.45) is 1.79. The summed E-state index contributed by atoms with van der Waals surface area (Å²) in [5, 5.41) is 0.